The van der Waals surface area contributed by atoms with Crippen LogP contribution in [-0.2, 0) is 23.0 Å². The summed E-state index contributed by atoms with van der Waals surface area (Å²) in [7, 11) is 1.93. The molecule has 4 nitrogen and oxygen atoms in total. The third-order valence-electron chi connectivity index (χ3n) is 2.05. The number of aromatic nitrogens is 2. The predicted octanol–water partition coefficient (Wildman–Crippen LogP) is 0.446. The molecule has 0 bridgehead atoms. The minimum absolute atomic E-state index is 0.239. The van der Waals surface area contributed by atoms with Gasteiger partial charge in [-0.1, -0.05) is 0 Å². The molecule has 0 atom stereocenters. The molecule has 1 aliphatic rings. The Hall–Kier alpha value is -1.58. The number of hydrogen-bond donors (Lipinski definition) is 0. The van der Waals surface area contributed by atoms with E-state index in [4.69, 9.17) is 4.74 Å². The fourth-order valence-corrected chi connectivity index (χ4v) is 1.30. The SMILES string of the molecule is Cn1cncc1CC1=CC(=O)OC1. The van der Waals surface area contributed by atoms with E-state index in [9.17, 15) is 4.79 Å². The molecule has 2 rings (SSSR count). The van der Waals surface area contributed by atoms with Crippen molar-refractivity contribution in [2.45, 2.75) is 6.42 Å². The minimum atomic E-state index is -0.239. The van der Waals surface area contributed by atoms with E-state index in [0.717, 1.165) is 17.7 Å². The Morgan fingerprint density at radius 2 is 2.54 bits per heavy atom. The summed E-state index contributed by atoms with van der Waals surface area (Å²) in [6.07, 6.45) is 5.83. The maximum absolute atomic E-state index is 10.7. The molecule has 0 saturated heterocycles. The molecule has 0 aromatic carbocycles. The summed E-state index contributed by atoms with van der Waals surface area (Å²) in [6.45, 7) is 0.421. The molecule has 68 valence electrons. The predicted molar refractivity (Wildman–Crippen MR) is 46.0 cm³/mol. The second kappa shape index (κ2) is 3.05. The topological polar surface area (TPSA) is 44.1 Å². The highest BCUT2D eigenvalue weighted by atomic mass is 16.5. The van der Waals surface area contributed by atoms with Crippen molar-refractivity contribution in [3.8, 4) is 0 Å². The van der Waals surface area contributed by atoms with E-state index in [1.165, 1.54) is 0 Å². The zero-order valence-corrected chi connectivity index (χ0v) is 7.36. The molecule has 0 N–H and O–H groups in total. The lowest BCUT2D eigenvalue weighted by Gasteiger charge is -2.00. The summed E-state index contributed by atoms with van der Waals surface area (Å²) >= 11 is 0. The average molecular weight is 178 g/mol. The fraction of sp³-hybridized carbons (Fsp3) is 0.333. The highest BCUT2D eigenvalue weighted by Gasteiger charge is 2.13. The first-order chi connectivity index (χ1) is 6.25. The van der Waals surface area contributed by atoms with E-state index in [-0.39, 0.29) is 5.97 Å². The number of ether oxygens (including phenoxy) is 1. The number of carbonyl (C=O) groups is 1. The Kier molecular flexibility index (Phi) is 1.88. The minimum Gasteiger partial charge on any atom is -0.458 e. The number of cyclic esters (lactones) is 1. The summed E-state index contributed by atoms with van der Waals surface area (Å²) < 4.78 is 6.73. The van der Waals surface area contributed by atoms with Crippen LogP contribution in [0, 0.1) is 0 Å². The molecule has 0 amide bonds. The lowest BCUT2D eigenvalue weighted by atomic mass is 10.1. The maximum Gasteiger partial charge on any atom is 0.331 e. The van der Waals surface area contributed by atoms with Gasteiger partial charge in [-0.15, -0.1) is 0 Å². The Morgan fingerprint density at radius 1 is 1.69 bits per heavy atom. The van der Waals surface area contributed by atoms with E-state index < -0.39 is 0 Å². The standard InChI is InChI=1S/C9H10N2O2/c1-11-6-10-4-8(11)2-7-3-9(12)13-5-7/h3-4,6H,2,5H2,1H3. The van der Waals surface area contributed by atoms with E-state index in [1.54, 1.807) is 18.6 Å². The van der Waals surface area contributed by atoms with Crippen molar-refractivity contribution >= 4 is 5.97 Å². The van der Waals surface area contributed by atoms with Gasteiger partial charge in [-0.25, -0.2) is 9.78 Å². The van der Waals surface area contributed by atoms with Gasteiger partial charge in [0.1, 0.15) is 6.61 Å². The summed E-state index contributed by atoms with van der Waals surface area (Å²) in [5.74, 6) is -0.239. The number of hydrogen-bond acceptors (Lipinski definition) is 3. The lowest BCUT2D eigenvalue weighted by molar-refractivity contribution is -0.134. The van der Waals surface area contributed by atoms with E-state index in [2.05, 4.69) is 4.98 Å². The zero-order chi connectivity index (χ0) is 9.26. The van der Waals surface area contributed by atoms with Gasteiger partial charge >= 0.3 is 5.97 Å². The Labute approximate surface area is 75.8 Å². The van der Waals surface area contributed by atoms with Crippen molar-refractivity contribution in [2.24, 2.45) is 7.05 Å². The van der Waals surface area contributed by atoms with Crippen LogP contribution in [0.25, 0.3) is 0 Å². The number of imidazole rings is 1. The monoisotopic (exact) mass is 178 g/mol. The first kappa shape index (κ1) is 8.04. The van der Waals surface area contributed by atoms with Crippen molar-refractivity contribution in [3.05, 3.63) is 29.9 Å². The molecule has 1 aliphatic heterocycles. The van der Waals surface area contributed by atoms with E-state index in [0.29, 0.717) is 6.61 Å². The van der Waals surface area contributed by atoms with E-state index >= 15 is 0 Å². The molecule has 13 heavy (non-hydrogen) atoms. The smallest absolute Gasteiger partial charge is 0.331 e. The van der Waals surface area contributed by atoms with Gasteiger partial charge in [0.25, 0.3) is 0 Å². The van der Waals surface area contributed by atoms with Crippen LogP contribution in [0.4, 0.5) is 0 Å². The number of rotatable bonds is 2. The summed E-state index contributed by atoms with van der Waals surface area (Å²) in [4.78, 5) is 14.7. The normalized spacial score (nSPS) is 15.8. The molecule has 0 radical (unpaired) electrons. The van der Waals surface area contributed by atoms with Gasteiger partial charge in [-0.3, -0.25) is 0 Å². The van der Waals surface area contributed by atoms with Crippen LogP contribution in [-0.4, -0.2) is 22.1 Å². The Balaban J connectivity index is 2.11. The summed E-state index contributed by atoms with van der Waals surface area (Å²) in [5, 5.41) is 0. The first-order valence-corrected chi connectivity index (χ1v) is 4.07. The Morgan fingerprint density at radius 3 is 3.08 bits per heavy atom. The molecule has 0 saturated carbocycles. The van der Waals surface area contributed by atoms with Crippen LogP contribution in [0.5, 0.6) is 0 Å². The van der Waals surface area contributed by atoms with Gasteiger partial charge in [0.15, 0.2) is 0 Å². The molecule has 1 aromatic heterocycles. The first-order valence-electron chi connectivity index (χ1n) is 4.07. The second-order valence-electron chi connectivity index (χ2n) is 3.08. The van der Waals surface area contributed by atoms with Crippen LogP contribution >= 0.6 is 0 Å². The maximum atomic E-state index is 10.7. The van der Waals surface area contributed by atoms with Crippen LogP contribution in [0.15, 0.2) is 24.2 Å². The van der Waals surface area contributed by atoms with E-state index in [1.807, 2.05) is 11.6 Å². The summed E-state index contributed by atoms with van der Waals surface area (Å²) in [5.41, 5.74) is 2.10. The molecule has 0 spiro atoms. The molecule has 0 aliphatic carbocycles. The number of esters is 1. The van der Waals surface area contributed by atoms with Crippen LogP contribution in [0.3, 0.4) is 0 Å². The second-order valence-corrected chi connectivity index (χ2v) is 3.08. The quantitative estimate of drug-likeness (QED) is 0.617. The number of aryl methyl sites for hydroxylation is 1. The van der Waals surface area contributed by atoms with Crippen molar-refractivity contribution in [1.82, 2.24) is 9.55 Å². The molecule has 2 heterocycles. The highest BCUT2D eigenvalue weighted by molar-refractivity contribution is 5.85. The molecular weight excluding hydrogens is 168 g/mol. The van der Waals surface area contributed by atoms with Crippen LogP contribution in [0.1, 0.15) is 5.69 Å². The number of nitrogens with zero attached hydrogens (tertiary/aromatic N) is 2. The average Bonchev–Trinajstić information content (AvgIpc) is 2.64. The van der Waals surface area contributed by atoms with Gasteiger partial charge in [-0.2, -0.15) is 0 Å². The van der Waals surface area contributed by atoms with Crippen molar-refractivity contribution < 1.29 is 9.53 Å². The van der Waals surface area contributed by atoms with Crippen molar-refractivity contribution in [2.75, 3.05) is 6.61 Å². The highest BCUT2D eigenvalue weighted by Crippen LogP contribution is 2.12. The van der Waals surface area contributed by atoms with Gasteiger partial charge in [0.05, 0.1) is 6.33 Å². The third kappa shape index (κ3) is 1.61. The van der Waals surface area contributed by atoms with Crippen molar-refractivity contribution in [1.29, 1.82) is 0 Å². The molecule has 0 unspecified atom stereocenters. The largest absolute Gasteiger partial charge is 0.458 e. The molecule has 1 aromatic rings. The van der Waals surface area contributed by atoms with Gasteiger partial charge in [0.2, 0.25) is 0 Å². The van der Waals surface area contributed by atoms with Gasteiger partial charge < -0.3 is 9.30 Å². The van der Waals surface area contributed by atoms with Crippen LogP contribution < -0.4 is 0 Å². The number of carbonyl (C=O) groups excluding carboxylic acids is 1. The van der Waals surface area contributed by atoms with Crippen LogP contribution in [0.2, 0.25) is 0 Å². The molecular formula is C9H10N2O2. The Bertz CT molecular complexity index is 365. The molecule has 0 fully saturated rings. The van der Waals surface area contributed by atoms with Gasteiger partial charge in [0, 0.05) is 31.4 Å². The third-order valence-corrected chi connectivity index (χ3v) is 2.05. The molecule has 4 heteroatoms. The van der Waals surface area contributed by atoms with Crippen molar-refractivity contribution in [3.63, 3.8) is 0 Å². The lowest BCUT2D eigenvalue weighted by Crippen LogP contribution is -1.99. The summed E-state index contributed by atoms with van der Waals surface area (Å²) in [6, 6.07) is 0. The fourth-order valence-electron chi connectivity index (χ4n) is 1.30. The van der Waals surface area contributed by atoms with Gasteiger partial charge in [-0.05, 0) is 5.57 Å². The zero-order valence-electron chi connectivity index (χ0n) is 7.36.